The number of piperidine rings is 1. The van der Waals surface area contributed by atoms with Crippen molar-refractivity contribution in [2.75, 3.05) is 19.6 Å². The van der Waals surface area contributed by atoms with Crippen molar-refractivity contribution in [3.63, 3.8) is 0 Å². The standard InChI is InChI=1S/C23H30ClNO4/c1-16(22(28)18-4-2-17(15-26)3-5-18)21(27)14-25-12-10-23(29,11-13-25)19-6-8-20(24)9-7-19/h2-9,16,21-22,26-29H,10-15H2,1H3. The van der Waals surface area contributed by atoms with E-state index >= 15 is 0 Å². The number of benzene rings is 2. The van der Waals surface area contributed by atoms with E-state index in [0.717, 1.165) is 16.7 Å². The van der Waals surface area contributed by atoms with Crippen LogP contribution in [0.15, 0.2) is 48.5 Å². The van der Waals surface area contributed by atoms with Crippen molar-refractivity contribution in [1.29, 1.82) is 0 Å². The molecule has 1 heterocycles. The van der Waals surface area contributed by atoms with Crippen molar-refractivity contribution in [3.05, 3.63) is 70.2 Å². The quantitative estimate of drug-likeness (QED) is 0.554. The second kappa shape index (κ2) is 9.56. The molecule has 5 nitrogen and oxygen atoms in total. The zero-order valence-corrected chi connectivity index (χ0v) is 17.5. The minimum absolute atomic E-state index is 0.0358. The third-order valence-electron chi connectivity index (χ3n) is 6.12. The Hall–Kier alpha value is -1.47. The van der Waals surface area contributed by atoms with Crippen molar-refractivity contribution in [3.8, 4) is 0 Å². The Bertz CT molecular complexity index is 772. The molecule has 1 aliphatic rings. The molecule has 3 rings (SSSR count). The van der Waals surface area contributed by atoms with Crippen molar-refractivity contribution in [2.45, 2.75) is 44.2 Å². The Labute approximate surface area is 177 Å². The molecule has 1 aliphatic heterocycles. The number of aliphatic hydroxyl groups excluding tert-OH is 3. The van der Waals surface area contributed by atoms with Crippen LogP contribution in [-0.2, 0) is 12.2 Å². The van der Waals surface area contributed by atoms with Gasteiger partial charge in [0.25, 0.3) is 0 Å². The van der Waals surface area contributed by atoms with Crippen LogP contribution < -0.4 is 0 Å². The predicted molar refractivity (Wildman–Crippen MR) is 114 cm³/mol. The van der Waals surface area contributed by atoms with Gasteiger partial charge >= 0.3 is 0 Å². The average molecular weight is 420 g/mol. The fraction of sp³-hybridized carbons (Fsp3) is 0.478. The van der Waals surface area contributed by atoms with Crippen LogP contribution in [0.5, 0.6) is 0 Å². The van der Waals surface area contributed by atoms with Gasteiger partial charge in [-0.2, -0.15) is 0 Å². The molecule has 0 aliphatic carbocycles. The molecule has 1 saturated heterocycles. The molecule has 2 aromatic carbocycles. The number of hydrogen-bond acceptors (Lipinski definition) is 5. The summed E-state index contributed by atoms with van der Waals surface area (Å²) in [5.41, 5.74) is 1.52. The summed E-state index contributed by atoms with van der Waals surface area (Å²) >= 11 is 5.94. The van der Waals surface area contributed by atoms with E-state index in [0.29, 0.717) is 37.5 Å². The Balaban J connectivity index is 1.54. The van der Waals surface area contributed by atoms with Gasteiger partial charge in [-0.05, 0) is 41.7 Å². The van der Waals surface area contributed by atoms with E-state index in [4.69, 9.17) is 16.7 Å². The van der Waals surface area contributed by atoms with E-state index < -0.39 is 17.8 Å². The number of halogens is 1. The molecule has 3 atom stereocenters. The molecule has 3 unspecified atom stereocenters. The number of β-amino-alcohol motifs (C(OH)–C–C–N with tert-alkyl or cyclic N) is 1. The van der Waals surface area contributed by atoms with Crippen molar-refractivity contribution in [1.82, 2.24) is 4.90 Å². The normalized spacial score (nSPS) is 20.2. The molecule has 1 fully saturated rings. The highest BCUT2D eigenvalue weighted by atomic mass is 35.5. The molecular weight excluding hydrogens is 390 g/mol. The molecule has 0 amide bonds. The number of hydrogen-bond donors (Lipinski definition) is 4. The van der Waals surface area contributed by atoms with Crippen molar-refractivity contribution >= 4 is 11.6 Å². The summed E-state index contributed by atoms with van der Waals surface area (Å²) in [6.07, 6.45) is -0.306. The molecule has 0 aromatic heterocycles. The summed E-state index contributed by atoms with van der Waals surface area (Å²) in [6.45, 7) is 3.59. The monoisotopic (exact) mass is 419 g/mol. The first kappa shape index (κ1) is 22.2. The van der Waals surface area contributed by atoms with Crippen LogP contribution in [0.2, 0.25) is 5.02 Å². The first-order valence-electron chi connectivity index (χ1n) is 10.1. The molecule has 4 N–H and O–H groups in total. The van der Waals surface area contributed by atoms with E-state index in [-0.39, 0.29) is 12.5 Å². The van der Waals surface area contributed by atoms with Gasteiger partial charge in [0, 0.05) is 30.6 Å². The predicted octanol–water partition coefficient (Wildman–Crippen LogP) is 2.85. The lowest BCUT2D eigenvalue weighted by atomic mass is 9.84. The minimum atomic E-state index is -0.869. The fourth-order valence-electron chi connectivity index (χ4n) is 3.92. The van der Waals surface area contributed by atoms with Crippen LogP contribution in [-0.4, -0.2) is 51.1 Å². The van der Waals surface area contributed by atoms with Crippen molar-refractivity contribution in [2.24, 2.45) is 5.92 Å². The summed E-state index contributed by atoms with van der Waals surface area (Å²) < 4.78 is 0. The van der Waals surface area contributed by atoms with Gasteiger partial charge in [-0.1, -0.05) is 54.9 Å². The van der Waals surface area contributed by atoms with Gasteiger partial charge in [-0.3, -0.25) is 0 Å². The first-order valence-corrected chi connectivity index (χ1v) is 10.5. The smallest absolute Gasteiger partial charge is 0.0920 e. The van der Waals surface area contributed by atoms with Crippen LogP contribution in [0.3, 0.4) is 0 Å². The highest BCUT2D eigenvalue weighted by Gasteiger charge is 2.35. The zero-order chi connectivity index (χ0) is 21.0. The third kappa shape index (κ3) is 5.37. The number of aliphatic hydroxyl groups is 4. The maximum atomic E-state index is 11.0. The second-order valence-corrected chi connectivity index (χ2v) is 8.55. The molecule has 0 bridgehead atoms. The van der Waals surface area contributed by atoms with Gasteiger partial charge in [0.1, 0.15) is 0 Å². The summed E-state index contributed by atoms with van der Waals surface area (Å²) in [7, 11) is 0. The molecule has 29 heavy (non-hydrogen) atoms. The molecule has 0 spiro atoms. The highest BCUT2D eigenvalue weighted by Crippen LogP contribution is 2.34. The Morgan fingerprint density at radius 1 is 1.00 bits per heavy atom. The summed E-state index contributed by atoms with van der Waals surface area (Å²) in [6, 6.07) is 14.4. The maximum Gasteiger partial charge on any atom is 0.0920 e. The van der Waals surface area contributed by atoms with Gasteiger partial charge in [0.05, 0.1) is 24.4 Å². The van der Waals surface area contributed by atoms with E-state index in [1.165, 1.54) is 0 Å². The first-order chi connectivity index (χ1) is 13.8. The fourth-order valence-corrected chi connectivity index (χ4v) is 4.05. The highest BCUT2D eigenvalue weighted by molar-refractivity contribution is 6.30. The molecular formula is C23H30ClNO4. The van der Waals surface area contributed by atoms with Crippen molar-refractivity contribution < 1.29 is 20.4 Å². The van der Waals surface area contributed by atoms with Gasteiger partial charge in [0.15, 0.2) is 0 Å². The molecule has 6 heteroatoms. The summed E-state index contributed by atoms with van der Waals surface area (Å²) in [5, 5.41) is 42.0. The Kier molecular flexibility index (Phi) is 7.32. The van der Waals surface area contributed by atoms with E-state index in [1.54, 1.807) is 36.4 Å². The number of nitrogens with zero attached hydrogens (tertiary/aromatic N) is 1. The summed E-state index contributed by atoms with van der Waals surface area (Å²) in [5.74, 6) is -0.341. The Morgan fingerprint density at radius 3 is 2.14 bits per heavy atom. The second-order valence-electron chi connectivity index (χ2n) is 8.11. The zero-order valence-electron chi connectivity index (χ0n) is 16.7. The lowest BCUT2D eigenvalue weighted by Gasteiger charge is -2.40. The SMILES string of the molecule is CC(C(O)CN1CCC(O)(c2ccc(Cl)cc2)CC1)C(O)c1ccc(CO)cc1. The van der Waals surface area contributed by atoms with Crippen LogP contribution in [0.25, 0.3) is 0 Å². The van der Waals surface area contributed by atoms with E-state index in [1.807, 2.05) is 19.1 Å². The number of rotatable bonds is 7. The van der Waals surface area contributed by atoms with Crippen LogP contribution in [0.4, 0.5) is 0 Å². The van der Waals surface area contributed by atoms with E-state index in [2.05, 4.69) is 4.90 Å². The van der Waals surface area contributed by atoms with Gasteiger partial charge < -0.3 is 25.3 Å². The lowest BCUT2D eigenvalue weighted by molar-refractivity contribution is -0.0475. The third-order valence-corrected chi connectivity index (χ3v) is 6.37. The van der Waals surface area contributed by atoms with Gasteiger partial charge in [0.2, 0.25) is 0 Å². The lowest BCUT2D eigenvalue weighted by Crippen LogP contribution is -2.46. The Morgan fingerprint density at radius 2 is 1.59 bits per heavy atom. The molecule has 2 aromatic rings. The van der Waals surface area contributed by atoms with Crippen LogP contribution in [0.1, 0.15) is 42.6 Å². The largest absolute Gasteiger partial charge is 0.392 e. The maximum absolute atomic E-state index is 11.0. The molecule has 158 valence electrons. The average Bonchev–Trinajstić information content (AvgIpc) is 2.75. The minimum Gasteiger partial charge on any atom is -0.392 e. The molecule has 0 saturated carbocycles. The van der Waals surface area contributed by atoms with Crippen LogP contribution >= 0.6 is 11.6 Å². The van der Waals surface area contributed by atoms with Crippen LogP contribution in [0, 0.1) is 5.92 Å². The topological polar surface area (TPSA) is 84.2 Å². The summed E-state index contributed by atoms with van der Waals surface area (Å²) in [4.78, 5) is 2.13. The molecule has 0 radical (unpaired) electrons. The van der Waals surface area contributed by atoms with Gasteiger partial charge in [-0.15, -0.1) is 0 Å². The number of likely N-dealkylation sites (tertiary alicyclic amines) is 1. The van der Waals surface area contributed by atoms with E-state index in [9.17, 15) is 15.3 Å². The van der Waals surface area contributed by atoms with Gasteiger partial charge in [-0.25, -0.2) is 0 Å².